The molecule has 0 bridgehead atoms. The molecule has 2 aromatic rings. The lowest BCUT2D eigenvalue weighted by Gasteiger charge is -2.11. The van der Waals surface area contributed by atoms with E-state index in [-0.39, 0.29) is 11.4 Å². The summed E-state index contributed by atoms with van der Waals surface area (Å²) >= 11 is 1.27. The van der Waals surface area contributed by atoms with Crippen molar-refractivity contribution in [2.45, 2.75) is 17.6 Å². The first-order valence-electron chi connectivity index (χ1n) is 6.59. The molecule has 0 atom stereocenters. The molecule has 0 aliphatic carbocycles. The summed E-state index contributed by atoms with van der Waals surface area (Å²) in [6, 6.07) is 11.7. The molecule has 23 heavy (non-hydrogen) atoms. The zero-order valence-corrected chi connectivity index (χ0v) is 12.7. The molecule has 8 heteroatoms. The van der Waals surface area contributed by atoms with E-state index in [0.29, 0.717) is 4.57 Å². The van der Waals surface area contributed by atoms with Gasteiger partial charge in [0.1, 0.15) is 12.2 Å². The van der Waals surface area contributed by atoms with Gasteiger partial charge in [-0.05, 0) is 24.3 Å². The van der Waals surface area contributed by atoms with Gasteiger partial charge in [0.2, 0.25) is 5.91 Å². The normalized spacial score (nSPS) is 11.3. The van der Waals surface area contributed by atoms with Crippen molar-refractivity contribution in [1.29, 1.82) is 0 Å². The van der Waals surface area contributed by atoms with Crippen LogP contribution >= 0.6 is 11.8 Å². The fraction of sp³-hybridized carbons (Fsp3) is 0.200. The Morgan fingerprint density at radius 3 is 2.48 bits per heavy atom. The lowest BCUT2D eigenvalue weighted by molar-refractivity contribution is -0.141. The monoisotopic (exact) mass is 342 g/mol. The van der Waals surface area contributed by atoms with Crippen LogP contribution in [0.4, 0.5) is 18.9 Å². The summed E-state index contributed by atoms with van der Waals surface area (Å²) < 4.78 is 37.6. The number of pyridine rings is 1. The van der Waals surface area contributed by atoms with Crippen LogP contribution in [0.1, 0.15) is 0 Å². The third-order valence-corrected chi connectivity index (χ3v) is 3.77. The topological polar surface area (TPSA) is 51.1 Å². The third kappa shape index (κ3) is 5.48. The summed E-state index contributed by atoms with van der Waals surface area (Å²) in [7, 11) is 0. The number of thioether (sulfide) groups is 1. The van der Waals surface area contributed by atoms with Crippen LogP contribution in [0.3, 0.4) is 0 Å². The quantitative estimate of drug-likeness (QED) is 0.850. The van der Waals surface area contributed by atoms with Gasteiger partial charge in [-0.3, -0.25) is 9.59 Å². The van der Waals surface area contributed by atoms with Gasteiger partial charge in [-0.25, -0.2) is 0 Å². The summed E-state index contributed by atoms with van der Waals surface area (Å²) in [6.07, 6.45) is -3.47. The molecule has 1 aromatic heterocycles. The Labute approximate surface area is 134 Å². The molecule has 0 aliphatic rings. The molecule has 0 aliphatic heterocycles. The van der Waals surface area contributed by atoms with Gasteiger partial charge in [0.15, 0.2) is 0 Å². The van der Waals surface area contributed by atoms with Gasteiger partial charge in [-0.1, -0.05) is 18.2 Å². The number of amides is 1. The van der Waals surface area contributed by atoms with Gasteiger partial charge in [-0.2, -0.15) is 13.2 Å². The van der Waals surface area contributed by atoms with Crippen molar-refractivity contribution in [2.24, 2.45) is 0 Å². The van der Waals surface area contributed by atoms with E-state index in [9.17, 15) is 22.8 Å². The highest BCUT2D eigenvalue weighted by Gasteiger charge is 2.28. The van der Waals surface area contributed by atoms with E-state index in [1.807, 2.05) is 30.3 Å². The van der Waals surface area contributed by atoms with Crippen molar-refractivity contribution < 1.29 is 18.0 Å². The summed E-state index contributed by atoms with van der Waals surface area (Å²) in [6.45, 7) is -1.39. The summed E-state index contributed by atoms with van der Waals surface area (Å²) in [5.74, 6) is -0.404. The molecule has 0 fully saturated rings. The summed E-state index contributed by atoms with van der Waals surface area (Å²) in [5.41, 5.74) is -1.06. The van der Waals surface area contributed by atoms with Crippen LogP contribution in [0.5, 0.6) is 0 Å². The van der Waals surface area contributed by atoms with Crippen LogP contribution in [0.15, 0.2) is 58.4 Å². The molecule has 0 spiro atoms. The number of halogens is 3. The van der Waals surface area contributed by atoms with E-state index in [1.165, 1.54) is 23.9 Å². The molecular weight excluding hydrogens is 329 g/mol. The van der Waals surface area contributed by atoms with Crippen LogP contribution in [0.2, 0.25) is 0 Å². The van der Waals surface area contributed by atoms with Gasteiger partial charge in [0.25, 0.3) is 5.56 Å². The Hall–Kier alpha value is -2.22. The van der Waals surface area contributed by atoms with Crippen molar-refractivity contribution in [2.75, 3.05) is 11.1 Å². The molecule has 122 valence electrons. The number of benzene rings is 1. The van der Waals surface area contributed by atoms with Crippen LogP contribution in [0.25, 0.3) is 0 Å². The second-order valence-corrected chi connectivity index (χ2v) is 5.67. The number of nitrogens with one attached hydrogen (secondary N) is 1. The van der Waals surface area contributed by atoms with E-state index < -0.39 is 24.2 Å². The number of carbonyl (C=O) groups excluding carboxylic acids is 1. The van der Waals surface area contributed by atoms with Crippen molar-refractivity contribution in [1.82, 2.24) is 4.57 Å². The van der Waals surface area contributed by atoms with E-state index in [2.05, 4.69) is 5.32 Å². The van der Waals surface area contributed by atoms with Crippen LogP contribution in [0, 0.1) is 0 Å². The fourth-order valence-corrected chi connectivity index (χ4v) is 2.52. The summed E-state index contributed by atoms with van der Waals surface area (Å²) in [4.78, 5) is 24.6. The Morgan fingerprint density at radius 1 is 1.13 bits per heavy atom. The first kappa shape index (κ1) is 17.1. The summed E-state index contributed by atoms with van der Waals surface area (Å²) in [5, 5.41) is 2.35. The molecule has 0 saturated carbocycles. The predicted molar refractivity (Wildman–Crippen MR) is 82.6 cm³/mol. The molecule has 1 heterocycles. The molecule has 1 amide bonds. The van der Waals surface area contributed by atoms with Crippen molar-refractivity contribution in [3.8, 4) is 0 Å². The number of alkyl halides is 3. The number of anilines is 1. The zero-order valence-electron chi connectivity index (χ0n) is 11.8. The molecule has 1 N–H and O–H groups in total. The maximum Gasteiger partial charge on any atom is 0.406 e. The molecule has 1 aromatic carbocycles. The van der Waals surface area contributed by atoms with Crippen molar-refractivity contribution >= 4 is 23.4 Å². The number of nitrogens with zero attached hydrogens (tertiary/aromatic N) is 1. The smallest absolute Gasteiger partial charge is 0.321 e. The highest BCUT2D eigenvalue weighted by molar-refractivity contribution is 8.00. The number of carbonyl (C=O) groups is 1. The lowest BCUT2D eigenvalue weighted by atomic mass is 10.4. The Morgan fingerprint density at radius 2 is 1.83 bits per heavy atom. The van der Waals surface area contributed by atoms with Gasteiger partial charge >= 0.3 is 6.18 Å². The molecule has 0 unspecified atom stereocenters. The lowest BCUT2D eigenvalue weighted by Crippen LogP contribution is -2.30. The third-order valence-electron chi connectivity index (χ3n) is 2.76. The Balaban J connectivity index is 2.01. The average Bonchev–Trinajstić information content (AvgIpc) is 2.49. The molecule has 2 rings (SSSR count). The molecular formula is C15H13F3N2O2S. The van der Waals surface area contributed by atoms with Gasteiger partial charge in [0, 0.05) is 11.1 Å². The molecule has 0 radical (unpaired) electrons. The maximum absolute atomic E-state index is 12.4. The Kier molecular flexibility index (Phi) is 5.49. The van der Waals surface area contributed by atoms with Gasteiger partial charge < -0.3 is 9.88 Å². The molecule has 4 nitrogen and oxygen atoms in total. The second-order valence-electron chi connectivity index (χ2n) is 4.62. The minimum absolute atomic E-state index is 0.0532. The zero-order chi connectivity index (χ0) is 16.9. The molecule has 0 saturated heterocycles. The van der Waals surface area contributed by atoms with Crippen molar-refractivity contribution in [3.05, 3.63) is 59.0 Å². The van der Waals surface area contributed by atoms with E-state index >= 15 is 0 Å². The van der Waals surface area contributed by atoms with Crippen LogP contribution in [-0.2, 0) is 11.3 Å². The number of aromatic nitrogens is 1. The van der Waals surface area contributed by atoms with Crippen LogP contribution < -0.4 is 10.9 Å². The predicted octanol–water partition coefficient (Wildman–Crippen LogP) is 3.14. The Bertz CT molecular complexity index is 729. The first-order valence-corrected chi connectivity index (χ1v) is 7.57. The van der Waals surface area contributed by atoms with Crippen LogP contribution in [-0.4, -0.2) is 22.4 Å². The minimum Gasteiger partial charge on any atom is -0.321 e. The number of hydrogen-bond acceptors (Lipinski definition) is 3. The number of rotatable bonds is 5. The standard InChI is InChI=1S/C15H13F3N2O2S/c16-15(17,18)10-20-8-4-7-12(14(20)22)19-13(21)9-23-11-5-2-1-3-6-11/h1-8H,9-10H2,(H,19,21). The maximum atomic E-state index is 12.4. The largest absolute Gasteiger partial charge is 0.406 e. The highest BCUT2D eigenvalue weighted by Crippen LogP contribution is 2.18. The van der Waals surface area contributed by atoms with Crippen molar-refractivity contribution in [3.63, 3.8) is 0 Å². The van der Waals surface area contributed by atoms with Gasteiger partial charge in [0.05, 0.1) is 5.75 Å². The fourth-order valence-electron chi connectivity index (χ4n) is 1.80. The minimum atomic E-state index is -4.50. The second kappa shape index (κ2) is 7.36. The van der Waals surface area contributed by atoms with E-state index in [4.69, 9.17) is 0 Å². The average molecular weight is 342 g/mol. The number of hydrogen-bond donors (Lipinski definition) is 1. The SMILES string of the molecule is O=C(CSc1ccccc1)Nc1cccn(CC(F)(F)F)c1=O. The highest BCUT2D eigenvalue weighted by atomic mass is 32.2. The van der Waals surface area contributed by atoms with E-state index in [1.54, 1.807) is 0 Å². The van der Waals surface area contributed by atoms with E-state index in [0.717, 1.165) is 11.1 Å². The van der Waals surface area contributed by atoms with Gasteiger partial charge in [-0.15, -0.1) is 11.8 Å². The first-order chi connectivity index (χ1) is 10.8.